The summed E-state index contributed by atoms with van der Waals surface area (Å²) in [6.45, 7) is 12.9. The van der Waals surface area contributed by atoms with Crippen molar-refractivity contribution in [1.29, 1.82) is 0 Å². The van der Waals surface area contributed by atoms with Crippen molar-refractivity contribution in [2.75, 3.05) is 13.1 Å². The minimum atomic E-state index is -0.427. The molecule has 3 atom stereocenters. The average Bonchev–Trinajstić information content (AvgIpc) is 3.57. The van der Waals surface area contributed by atoms with Crippen LogP contribution in [0.25, 0.3) is 11.1 Å². The van der Waals surface area contributed by atoms with Gasteiger partial charge < -0.3 is 9.74 Å². The number of hydrogen-bond donors (Lipinski definition) is 0. The fraction of sp³-hybridized carbons (Fsp3) is 0.467. The fourth-order valence-corrected chi connectivity index (χ4v) is 5.77. The molecule has 0 bridgehead atoms. The molecule has 2 aromatic carbocycles. The number of rotatable bonds is 6. The van der Waals surface area contributed by atoms with Crippen molar-refractivity contribution < 1.29 is 14.0 Å². The second kappa shape index (κ2) is 11.7. The fourth-order valence-electron chi connectivity index (χ4n) is 5.48. The van der Waals surface area contributed by atoms with Crippen LogP contribution in [0.2, 0.25) is 10.0 Å². The molecule has 0 saturated carbocycles. The van der Waals surface area contributed by atoms with E-state index in [4.69, 9.17) is 28.0 Å². The van der Waals surface area contributed by atoms with Gasteiger partial charge in [-0.1, -0.05) is 60.4 Å². The SMILES string of the molecule is C[C@@H]1CN(C(=O)c2ccc(F)cc2-c2ccc(Cl)c(Cl)c2)C[C@H](C)N1Cc1cn(CC2CC(C(C)(C)C)=NO2)nn1. The highest BCUT2D eigenvalue weighted by Gasteiger charge is 2.34. The van der Waals surface area contributed by atoms with Crippen molar-refractivity contribution in [3.05, 3.63) is 69.7 Å². The summed E-state index contributed by atoms with van der Waals surface area (Å²) in [5, 5.41) is 13.7. The normalized spacial score (nSPS) is 21.6. The zero-order valence-electron chi connectivity index (χ0n) is 23.9. The smallest absolute Gasteiger partial charge is 0.254 e. The highest BCUT2D eigenvalue weighted by Crippen LogP contribution is 2.32. The molecule has 8 nitrogen and oxygen atoms in total. The number of amides is 1. The van der Waals surface area contributed by atoms with Crippen LogP contribution in [-0.2, 0) is 17.9 Å². The summed E-state index contributed by atoms with van der Waals surface area (Å²) in [6.07, 6.45) is 2.69. The standard InChI is InChI=1S/C30H35Cl2FN6O2/c1-18-13-37(29(40)24-8-7-21(33)11-25(24)20-6-9-26(31)27(32)10-20)14-19(2)39(18)16-22-15-38(36-34-22)17-23-12-28(35-41-23)30(3,4)5/h6-11,15,18-19,23H,12-14,16-17H2,1-5H3/t18-,19+,23?. The van der Waals surface area contributed by atoms with Gasteiger partial charge in [0.15, 0.2) is 6.10 Å². The van der Waals surface area contributed by atoms with E-state index in [1.807, 2.05) is 15.8 Å². The Morgan fingerprint density at radius 2 is 1.80 bits per heavy atom. The third kappa shape index (κ3) is 6.58. The summed E-state index contributed by atoms with van der Waals surface area (Å²) in [6, 6.07) is 9.41. The van der Waals surface area contributed by atoms with E-state index in [9.17, 15) is 9.18 Å². The first-order valence-corrected chi connectivity index (χ1v) is 14.6. The number of nitrogens with zero attached hydrogens (tertiary/aromatic N) is 6. The summed E-state index contributed by atoms with van der Waals surface area (Å²) < 4.78 is 16.1. The van der Waals surface area contributed by atoms with Crippen LogP contribution in [-0.4, -0.2) is 67.7 Å². The Labute approximate surface area is 250 Å². The molecule has 3 heterocycles. The number of oxime groups is 1. The highest BCUT2D eigenvalue weighted by molar-refractivity contribution is 6.42. The van der Waals surface area contributed by atoms with Crippen molar-refractivity contribution in [3.63, 3.8) is 0 Å². The van der Waals surface area contributed by atoms with Crippen LogP contribution in [0.5, 0.6) is 0 Å². The third-order valence-electron chi connectivity index (χ3n) is 7.75. The van der Waals surface area contributed by atoms with Crippen LogP contribution in [0.15, 0.2) is 47.8 Å². The maximum Gasteiger partial charge on any atom is 0.254 e. The van der Waals surface area contributed by atoms with Crippen molar-refractivity contribution in [2.24, 2.45) is 10.6 Å². The van der Waals surface area contributed by atoms with Gasteiger partial charge in [-0.05, 0) is 55.3 Å². The van der Waals surface area contributed by atoms with Crippen LogP contribution < -0.4 is 0 Å². The Hall–Kier alpha value is -3.01. The van der Waals surface area contributed by atoms with Crippen LogP contribution in [0.1, 0.15) is 57.1 Å². The van der Waals surface area contributed by atoms with Crippen LogP contribution in [0.3, 0.4) is 0 Å². The Morgan fingerprint density at radius 1 is 1.07 bits per heavy atom. The van der Waals surface area contributed by atoms with E-state index in [2.05, 4.69) is 55.0 Å². The molecule has 0 spiro atoms. The molecule has 3 aromatic rings. The van der Waals surface area contributed by atoms with E-state index >= 15 is 0 Å². The molecule has 41 heavy (non-hydrogen) atoms. The minimum Gasteiger partial charge on any atom is -0.390 e. The van der Waals surface area contributed by atoms with E-state index < -0.39 is 5.82 Å². The first-order chi connectivity index (χ1) is 19.4. The molecule has 1 saturated heterocycles. The Morgan fingerprint density at radius 3 is 2.46 bits per heavy atom. The lowest BCUT2D eigenvalue weighted by Crippen LogP contribution is -2.57. The first-order valence-electron chi connectivity index (χ1n) is 13.8. The van der Waals surface area contributed by atoms with Crippen LogP contribution in [0.4, 0.5) is 4.39 Å². The monoisotopic (exact) mass is 600 g/mol. The van der Waals surface area contributed by atoms with E-state index in [1.54, 1.807) is 24.3 Å². The number of carbonyl (C=O) groups is 1. The Kier molecular flexibility index (Phi) is 8.41. The largest absolute Gasteiger partial charge is 0.390 e. The lowest BCUT2D eigenvalue weighted by atomic mass is 9.87. The summed E-state index contributed by atoms with van der Waals surface area (Å²) >= 11 is 12.3. The van der Waals surface area contributed by atoms with Crippen molar-refractivity contribution in [3.8, 4) is 11.1 Å². The molecular formula is C30H35Cl2FN6O2. The highest BCUT2D eigenvalue weighted by atomic mass is 35.5. The maximum absolute atomic E-state index is 14.3. The number of aromatic nitrogens is 3. The lowest BCUT2D eigenvalue weighted by molar-refractivity contribution is 0.0264. The first kappa shape index (κ1) is 29.5. The van der Waals surface area contributed by atoms with E-state index in [1.165, 1.54) is 12.1 Å². The molecule has 0 radical (unpaired) electrons. The third-order valence-corrected chi connectivity index (χ3v) is 8.49. The molecule has 218 valence electrons. The summed E-state index contributed by atoms with van der Waals surface area (Å²) in [7, 11) is 0. The molecule has 1 unspecified atom stereocenters. The van der Waals surface area contributed by atoms with E-state index in [0.717, 1.165) is 17.8 Å². The molecule has 1 aromatic heterocycles. The quantitative estimate of drug-likeness (QED) is 0.331. The number of carbonyl (C=O) groups excluding carboxylic acids is 1. The zero-order valence-corrected chi connectivity index (χ0v) is 25.5. The van der Waals surface area contributed by atoms with E-state index in [0.29, 0.717) is 52.9 Å². The summed E-state index contributed by atoms with van der Waals surface area (Å²) in [4.78, 5) is 23.5. The molecule has 0 aliphatic carbocycles. The van der Waals surface area contributed by atoms with Crippen LogP contribution >= 0.6 is 23.2 Å². The summed E-state index contributed by atoms with van der Waals surface area (Å²) in [5.41, 5.74) is 3.45. The number of halogens is 3. The molecule has 1 fully saturated rings. The van der Waals surface area contributed by atoms with Gasteiger partial charge in [0.05, 0.1) is 28.0 Å². The predicted molar refractivity (Wildman–Crippen MR) is 159 cm³/mol. The molecule has 2 aliphatic rings. The van der Waals surface area contributed by atoms with Gasteiger partial charge in [0.2, 0.25) is 0 Å². The number of benzene rings is 2. The Balaban J connectivity index is 1.24. The molecule has 1 amide bonds. The molecule has 2 aliphatic heterocycles. The van der Waals surface area contributed by atoms with Gasteiger partial charge in [0.1, 0.15) is 5.82 Å². The van der Waals surface area contributed by atoms with Gasteiger partial charge in [-0.25, -0.2) is 9.07 Å². The van der Waals surface area contributed by atoms with Gasteiger partial charge in [-0.2, -0.15) is 0 Å². The van der Waals surface area contributed by atoms with Crippen LogP contribution in [0, 0.1) is 11.2 Å². The van der Waals surface area contributed by atoms with Gasteiger partial charge in [0.25, 0.3) is 5.91 Å². The zero-order chi connectivity index (χ0) is 29.5. The van der Waals surface area contributed by atoms with E-state index in [-0.39, 0.29) is 29.5 Å². The topological polar surface area (TPSA) is 75.9 Å². The van der Waals surface area contributed by atoms with Crippen molar-refractivity contribution in [2.45, 2.75) is 72.3 Å². The second-order valence-corrected chi connectivity index (χ2v) is 12.9. The number of hydrogen-bond acceptors (Lipinski definition) is 6. The molecule has 5 rings (SSSR count). The van der Waals surface area contributed by atoms with Gasteiger partial charge in [0, 0.05) is 55.3 Å². The molecular weight excluding hydrogens is 566 g/mol. The molecule has 11 heteroatoms. The average molecular weight is 602 g/mol. The maximum atomic E-state index is 14.3. The minimum absolute atomic E-state index is 0.0140. The van der Waals surface area contributed by atoms with Crippen molar-refractivity contribution >= 4 is 34.8 Å². The lowest BCUT2D eigenvalue weighted by Gasteiger charge is -2.44. The number of piperazine rings is 1. The van der Waals surface area contributed by atoms with Gasteiger partial charge in [-0.3, -0.25) is 9.69 Å². The second-order valence-electron chi connectivity index (χ2n) is 12.1. The molecule has 0 N–H and O–H groups in total. The van der Waals surface area contributed by atoms with Gasteiger partial charge in [-0.15, -0.1) is 5.10 Å². The predicted octanol–water partition coefficient (Wildman–Crippen LogP) is 6.32. The Bertz CT molecular complexity index is 1460. The van der Waals surface area contributed by atoms with Gasteiger partial charge >= 0.3 is 0 Å². The van der Waals surface area contributed by atoms with Crippen molar-refractivity contribution in [1.82, 2.24) is 24.8 Å². The summed E-state index contributed by atoms with van der Waals surface area (Å²) in [5.74, 6) is -0.576.